The van der Waals surface area contributed by atoms with Gasteiger partial charge in [0.1, 0.15) is 11.8 Å². The molecule has 116 valence electrons. The molecule has 0 bridgehead atoms. The van der Waals surface area contributed by atoms with E-state index in [1.165, 1.54) is 12.8 Å². The highest BCUT2D eigenvalue weighted by Crippen LogP contribution is 2.15. The number of nitrogens with one attached hydrogen (secondary N) is 2. The summed E-state index contributed by atoms with van der Waals surface area (Å²) >= 11 is 0. The molecule has 0 aromatic heterocycles. The molecule has 1 aliphatic rings. The molecule has 0 atom stereocenters. The van der Waals surface area contributed by atoms with Crippen molar-refractivity contribution in [2.75, 3.05) is 25.6 Å². The Bertz CT molecular complexity index is 565. The number of hydrogen-bond donors (Lipinski definition) is 2. The van der Waals surface area contributed by atoms with Gasteiger partial charge in [-0.05, 0) is 37.1 Å². The summed E-state index contributed by atoms with van der Waals surface area (Å²) in [6.07, 6.45) is 4.50. The molecular weight excluding hydrogens is 278 g/mol. The van der Waals surface area contributed by atoms with E-state index >= 15 is 0 Å². The highest BCUT2D eigenvalue weighted by atomic mass is 16.5. The van der Waals surface area contributed by atoms with Crippen molar-refractivity contribution in [3.63, 3.8) is 0 Å². The molecule has 1 aromatic rings. The summed E-state index contributed by atoms with van der Waals surface area (Å²) in [5.74, 6) is 0.956. The zero-order valence-corrected chi connectivity index (χ0v) is 12.8. The molecule has 22 heavy (non-hydrogen) atoms. The van der Waals surface area contributed by atoms with Crippen molar-refractivity contribution in [2.24, 2.45) is 5.10 Å². The standard InChI is InChI=1S/C16H21N5O/c1-22-14-8-6-13(7-9-14)19-20-15(12-17)16(18)21-10-4-2-3-5-11-21/h6-9,18-19H,2-5,10-11H2,1H3/b18-16?,20-15-. The molecule has 1 saturated heterocycles. The number of hydrazone groups is 1. The third kappa shape index (κ3) is 4.22. The topological polar surface area (TPSA) is 84.5 Å². The molecule has 2 N–H and O–H groups in total. The van der Waals surface area contributed by atoms with Crippen LogP contribution in [0.25, 0.3) is 0 Å². The summed E-state index contributed by atoms with van der Waals surface area (Å²) in [4.78, 5) is 1.94. The molecule has 1 heterocycles. The van der Waals surface area contributed by atoms with Crippen molar-refractivity contribution in [3.8, 4) is 11.8 Å². The van der Waals surface area contributed by atoms with Gasteiger partial charge < -0.3 is 9.64 Å². The van der Waals surface area contributed by atoms with Gasteiger partial charge in [-0.2, -0.15) is 10.4 Å². The van der Waals surface area contributed by atoms with Crippen LogP contribution in [0.1, 0.15) is 25.7 Å². The third-order valence-electron chi connectivity index (χ3n) is 3.64. The maximum atomic E-state index is 9.25. The fourth-order valence-electron chi connectivity index (χ4n) is 2.36. The van der Waals surface area contributed by atoms with Crippen molar-refractivity contribution in [3.05, 3.63) is 24.3 Å². The first-order valence-corrected chi connectivity index (χ1v) is 7.46. The van der Waals surface area contributed by atoms with Gasteiger partial charge in [-0.15, -0.1) is 0 Å². The highest BCUT2D eigenvalue weighted by Gasteiger charge is 2.17. The van der Waals surface area contributed by atoms with Gasteiger partial charge in [0, 0.05) is 13.1 Å². The van der Waals surface area contributed by atoms with E-state index in [0.29, 0.717) is 0 Å². The van der Waals surface area contributed by atoms with E-state index in [-0.39, 0.29) is 11.5 Å². The number of amidine groups is 1. The lowest BCUT2D eigenvalue weighted by Crippen LogP contribution is -2.36. The molecule has 6 heteroatoms. The number of benzene rings is 1. The van der Waals surface area contributed by atoms with Crippen LogP contribution in [0.4, 0.5) is 5.69 Å². The third-order valence-corrected chi connectivity index (χ3v) is 3.64. The predicted molar refractivity (Wildman–Crippen MR) is 87.4 cm³/mol. The van der Waals surface area contributed by atoms with Crippen LogP contribution in [0, 0.1) is 16.7 Å². The molecule has 1 aromatic carbocycles. The van der Waals surface area contributed by atoms with Gasteiger partial charge in [0.25, 0.3) is 0 Å². The molecule has 0 aliphatic carbocycles. The Hall–Kier alpha value is -2.55. The molecular formula is C16H21N5O. The van der Waals surface area contributed by atoms with Gasteiger partial charge in [-0.25, -0.2) is 0 Å². The number of methoxy groups -OCH3 is 1. The summed E-state index contributed by atoms with van der Waals surface area (Å²) in [7, 11) is 1.61. The van der Waals surface area contributed by atoms with Gasteiger partial charge >= 0.3 is 0 Å². The van der Waals surface area contributed by atoms with E-state index in [4.69, 9.17) is 10.1 Å². The second-order valence-electron chi connectivity index (χ2n) is 5.16. The summed E-state index contributed by atoms with van der Waals surface area (Å²) in [5, 5.41) is 21.5. The number of likely N-dealkylation sites (tertiary alicyclic amines) is 1. The fourth-order valence-corrected chi connectivity index (χ4v) is 2.36. The second-order valence-corrected chi connectivity index (χ2v) is 5.16. The van der Waals surface area contributed by atoms with Crippen LogP contribution in [0.5, 0.6) is 5.75 Å². The number of nitrogens with zero attached hydrogens (tertiary/aromatic N) is 3. The van der Waals surface area contributed by atoms with Crippen molar-refractivity contribution in [1.82, 2.24) is 4.90 Å². The first-order valence-electron chi connectivity index (χ1n) is 7.46. The number of hydrogen-bond acceptors (Lipinski definition) is 5. The average molecular weight is 299 g/mol. The molecule has 1 aliphatic heterocycles. The predicted octanol–water partition coefficient (Wildman–Crippen LogP) is 2.84. The van der Waals surface area contributed by atoms with Crippen LogP contribution in [-0.4, -0.2) is 36.6 Å². The molecule has 6 nitrogen and oxygen atoms in total. The molecule has 0 amide bonds. The van der Waals surface area contributed by atoms with E-state index < -0.39 is 0 Å². The lowest BCUT2D eigenvalue weighted by atomic mass is 10.2. The number of nitriles is 1. The smallest absolute Gasteiger partial charge is 0.202 e. The Morgan fingerprint density at radius 3 is 2.41 bits per heavy atom. The van der Waals surface area contributed by atoms with E-state index in [9.17, 15) is 5.26 Å². The monoisotopic (exact) mass is 299 g/mol. The van der Waals surface area contributed by atoms with E-state index in [0.717, 1.165) is 37.4 Å². The summed E-state index contributed by atoms with van der Waals surface area (Å²) < 4.78 is 5.09. The molecule has 1 fully saturated rings. The Labute approximate surface area is 130 Å². The number of anilines is 1. The Balaban J connectivity index is 2.02. The summed E-state index contributed by atoms with van der Waals surface area (Å²) in [6.45, 7) is 1.64. The van der Waals surface area contributed by atoms with Crippen molar-refractivity contribution >= 4 is 17.2 Å². The number of ether oxygens (including phenoxy) is 1. The maximum Gasteiger partial charge on any atom is 0.202 e. The van der Waals surface area contributed by atoms with E-state index in [1.54, 1.807) is 7.11 Å². The lowest BCUT2D eigenvalue weighted by molar-refractivity contribution is 0.415. The van der Waals surface area contributed by atoms with Gasteiger partial charge in [0.05, 0.1) is 12.8 Å². The van der Waals surface area contributed by atoms with Gasteiger partial charge in [0.15, 0.2) is 5.84 Å². The Kier molecular flexibility index (Phi) is 5.78. The van der Waals surface area contributed by atoms with Crippen LogP contribution in [0.2, 0.25) is 0 Å². The zero-order chi connectivity index (χ0) is 15.8. The van der Waals surface area contributed by atoms with Crippen LogP contribution in [-0.2, 0) is 0 Å². The van der Waals surface area contributed by atoms with E-state index in [2.05, 4.69) is 10.5 Å². The molecule has 0 saturated carbocycles. The lowest BCUT2D eigenvalue weighted by Gasteiger charge is -2.21. The first kappa shape index (κ1) is 15.8. The largest absolute Gasteiger partial charge is 0.497 e. The normalized spacial score (nSPS) is 15.6. The summed E-state index contributed by atoms with van der Waals surface area (Å²) in [6, 6.07) is 9.25. The minimum absolute atomic E-state index is 0.109. The molecule has 0 unspecified atom stereocenters. The molecule has 0 radical (unpaired) electrons. The quantitative estimate of drug-likeness (QED) is 0.508. The number of rotatable bonds is 4. The molecule has 0 spiro atoms. The Morgan fingerprint density at radius 2 is 1.86 bits per heavy atom. The maximum absolute atomic E-state index is 9.25. The Morgan fingerprint density at radius 1 is 1.23 bits per heavy atom. The van der Waals surface area contributed by atoms with Gasteiger partial charge in [-0.1, -0.05) is 12.8 Å². The van der Waals surface area contributed by atoms with Crippen molar-refractivity contribution in [2.45, 2.75) is 25.7 Å². The first-order chi connectivity index (χ1) is 10.7. The minimum Gasteiger partial charge on any atom is -0.497 e. The molecule has 2 rings (SSSR count). The van der Waals surface area contributed by atoms with Crippen LogP contribution in [0.15, 0.2) is 29.4 Å². The van der Waals surface area contributed by atoms with Gasteiger partial charge in [0.2, 0.25) is 5.71 Å². The van der Waals surface area contributed by atoms with E-state index in [1.807, 2.05) is 35.2 Å². The van der Waals surface area contributed by atoms with Crippen LogP contribution >= 0.6 is 0 Å². The van der Waals surface area contributed by atoms with Crippen molar-refractivity contribution in [1.29, 1.82) is 10.7 Å². The van der Waals surface area contributed by atoms with Crippen LogP contribution in [0.3, 0.4) is 0 Å². The van der Waals surface area contributed by atoms with Gasteiger partial charge in [-0.3, -0.25) is 10.8 Å². The van der Waals surface area contributed by atoms with Crippen LogP contribution < -0.4 is 10.2 Å². The minimum atomic E-state index is 0.109. The zero-order valence-electron chi connectivity index (χ0n) is 12.8. The van der Waals surface area contributed by atoms with Crippen molar-refractivity contribution < 1.29 is 4.74 Å². The summed E-state index contributed by atoms with van der Waals surface area (Å²) in [5.41, 5.74) is 3.68. The highest BCUT2D eigenvalue weighted by molar-refractivity contribution is 6.46. The fraction of sp³-hybridized carbons (Fsp3) is 0.438. The SMILES string of the molecule is COc1ccc(N/N=C(/C#N)C(=N)N2CCCCCC2)cc1. The average Bonchev–Trinajstić information content (AvgIpc) is 2.85. The second kappa shape index (κ2) is 8.03.